The first kappa shape index (κ1) is 25.3. The number of aromatic nitrogens is 1. The van der Waals surface area contributed by atoms with E-state index in [9.17, 15) is 30.3 Å². The fourth-order valence-electron chi connectivity index (χ4n) is 4.49. The molecule has 1 fully saturated rings. The van der Waals surface area contributed by atoms with E-state index in [4.69, 9.17) is 9.47 Å². The predicted molar refractivity (Wildman–Crippen MR) is 125 cm³/mol. The molecule has 1 aliphatic heterocycles. The maximum atomic E-state index is 12.7. The molecule has 2 aromatic carbocycles. The second-order valence-electron chi connectivity index (χ2n) is 9.33. The molecule has 4 rings (SSSR count). The largest absolute Gasteiger partial charge is 0.661 e. The molecule has 0 radical (unpaired) electrons. The number of hydrogen-bond acceptors (Lipinski definition) is 8. The summed E-state index contributed by atoms with van der Waals surface area (Å²) in [7, 11) is 0. The minimum Gasteiger partial charge on any atom is -0.661 e. The topological polar surface area (TPSA) is 151 Å². The second kappa shape index (κ2) is 10.1. The van der Waals surface area contributed by atoms with E-state index in [0.717, 1.165) is 16.7 Å². The Bertz CT molecular complexity index is 1190. The zero-order chi connectivity index (χ0) is 25.3. The van der Waals surface area contributed by atoms with Crippen LogP contribution in [0, 0.1) is 5.92 Å². The number of rotatable bonds is 8. The molecule has 0 spiro atoms. The molecule has 2 heterocycles. The molecule has 1 aromatic heterocycles. The van der Waals surface area contributed by atoms with Gasteiger partial charge in [-0.15, -0.1) is 11.7 Å². The van der Waals surface area contributed by atoms with Gasteiger partial charge in [-0.25, -0.2) is 4.79 Å². The smallest absolute Gasteiger partial charge is 0.343 e. The molecule has 188 valence electrons. The quantitative estimate of drug-likeness (QED) is 0.295. The van der Waals surface area contributed by atoms with Gasteiger partial charge in [-0.2, -0.15) is 0 Å². The van der Waals surface area contributed by atoms with Gasteiger partial charge in [0.2, 0.25) is 5.79 Å². The van der Waals surface area contributed by atoms with Crippen molar-refractivity contribution < 1.29 is 39.8 Å². The summed E-state index contributed by atoms with van der Waals surface area (Å²) in [6.07, 6.45) is -3.23. The van der Waals surface area contributed by atoms with E-state index in [2.05, 4.69) is 24.9 Å². The van der Waals surface area contributed by atoms with Crippen LogP contribution in [-0.2, 0) is 22.6 Å². The second-order valence-corrected chi connectivity index (χ2v) is 9.33. The minimum atomic E-state index is -2.46. The van der Waals surface area contributed by atoms with E-state index >= 15 is 0 Å². The summed E-state index contributed by atoms with van der Waals surface area (Å²) in [4.78, 5) is 16.9. The Balaban J connectivity index is 1.56. The summed E-state index contributed by atoms with van der Waals surface area (Å²) in [5.74, 6) is -2.82. The van der Waals surface area contributed by atoms with E-state index in [0.29, 0.717) is 23.2 Å². The number of ether oxygens (including phenoxy) is 2. The average molecular weight is 485 g/mol. The number of esters is 1. The molecule has 1 aliphatic rings. The highest BCUT2D eigenvalue weighted by molar-refractivity contribution is 5.90. The number of hydrogen-bond donors (Lipinski definition) is 5. The molecule has 0 bridgehead atoms. The highest BCUT2D eigenvalue weighted by Crippen LogP contribution is 2.34. The molecule has 9 heteroatoms. The standard InChI is InChI=1S/C26H30NO8/c1-14(2)18(17-5-3-4-16(8-17)12-28)9-15-6-7-20-19(10-15)21(11-27-20)34-25(32)23-22(30)24(31)26(33,13-29)35-23/h3-8,10-11,14,18,22-24,28-31,33H,9,12-13H2,1-2H3/q-1/t18-,22-,23+,24+,26-/m0/s1. The number of benzene rings is 2. The zero-order valence-corrected chi connectivity index (χ0v) is 19.5. The van der Waals surface area contributed by atoms with Crippen molar-refractivity contribution in [1.29, 1.82) is 0 Å². The Morgan fingerprint density at radius 1 is 1.14 bits per heavy atom. The van der Waals surface area contributed by atoms with Crippen LogP contribution in [0.5, 0.6) is 5.75 Å². The molecule has 0 aliphatic carbocycles. The molecule has 35 heavy (non-hydrogen) atoms. The summed E-state index contributed by atoms with van der Waals surface area (Å²) < 4.78 is 10.4. The SMILES string of the molecule is CC(C)[C@H](Cc1ccc2[n-]cc(OC(=O)[C@@H]3O[C@@](O)(CO)[C@H](O)[C@H]3O)c2c1)c1cccc(CO)c1. The molecule has 3 aromatic rings. The Labute approximate surface area is 202 Å². The normalized spacial score (nSPS) is 25.3. The van der Waals surface area contributed by atoms with Crippen LogP contribution < -0.4 is 9.72 Å². The molecule has 1 saturated heterocycles. The third kappa shape index (κ3) is 4.97. The lowest BCUT2D eigenvalue weighted by molar-refractivity contribution is -0.246. The van der Waals surface area contributed by atoms with Gasteiger partial charge in [0, 0.05) is 5.39 Å². The van der Waals surface area contributed by atoms with E-state index in [-0.39, 0.29) is 18.3 Å². The van der Waals surface area contributed by atoms with Crippen molar-refractivity contribution in [2.75, 3.05) is 6.61 Å². The number of aliphatic hydroxyl groups is 5. The average Bonchev–Trinajstić information content (AvgIpc) is 3.36. The summed E-state index contributed by atoms with van der Waals surface area (Å²) >= 11 is 0. The van der Waals surface area contributed by atoms with Crippen LogP contribution in [0.25, 0.3) is 10.9 Å². The lowest BCUT2D eigenvalue weighted by Crippen LogP contribution is -2.46. The van der Waals surface area contributed by atoms with E-state index in [1.54, 1.807) is 0 Å². The highest BCUT2D eigenvalue weighted by atomic mass is 16.7. The maximum absolute atomic E-state index is 12.7. The number of aliphatic hydroxyl groups excluding tert-OH is 4. The molecule has 0 saturated carbocycles. The van der Waals surface area contributed by atoms with Crippen LogP contribution in [0.4, 0.5) is 0 Å². The van der Waals surface area contributed by atoms with Gasteiger partial charge in [-0.05, 0) is 41.0 Å². The number of fused-ring (bicyclic) bond motifs is 1. The summed E-state index contributed by atoms with van der Waals surface area (Å²) in [5.41, 5.74) is 3.59. The van der Waals surface area contributed by atoms with Crippen LogP contribution in [0.1, 0.15) is 36.5 Å². The Morgan fingerprint density at radius 3 is 2.57 bits per heavy atom. The molecule has 5 N–H and O–H groups in total. The van der Waals surface area contributed by atoms with Gasteiger partial charge >= 0.3 is 5.97 Å². The van der Waals surface area contributed by atoms with Gasteiger partial charge in [-0.3, -0.25) is 0 Å². The van der Waals surface area contributed by atoms with Crippen LogP contribution >= 0.6 is 0 Å². The monoisotopic (exact) mass is 484 g/mol. The van der Waals surface area contributed by atoms with Crippen molar-refractivity contribution in [1.82, 2.24) is 4.98 Å². The fraction of sp³-hybridized carbons (Fsp3) is 0.423. The first-order valence-corrected chi connectivity index (χ1v) is 11.5. The Morgan fingerprint density at radius 2 is 1.91 bits per heavy atom. The first-order valence-electron chi connectivity index (χ1n) is 11.5. The van der Waals surface area contributed by atoms with Crippen LogP contribution in [0.3, 0.4) is 0 Å². The molecule has 0 unspecified atom stereocenters. The lowest BCUT2D eigenvalue weighted by atomic mass is 9.83. The molecule has 0 amide bonds. The van der Waals surface area contributed by atoms with Crippen molar-refractivity contribution in [3.8, 4) is 5.75 Å². The maximum Gasteiger partial charge on any atom is 0.343 e. The van der Waals surface area contributed by atoms with Gasteiger partial charge in [-0.1, -0.05) is 50.2 Å². The van der Waals surface area contributed by atoms with Gasteiger partial charge in [0.15, 0.2) is 6.10 Å². The van der Waals surface area contributed by atoms with Crippen molar-refractivity contribution >= 4 is 16.9 Å². The zero-order valence-electron chi connectivity index (χ0n) is 19.5. The Kier molecular flexibility index (Phi) is 7.27. The predicted octanol–water partition coefficient (Wildman–Crippen LogP) is 0.978. The third-order valence-corrected chi connectivity index (χ3v) is 6.57. The number of carbonyl (C=O) groups excluding carboxylic acids is 1. The van der Waals surface area contributed by atoms with Gasteiger partial charge in [0.1, 0.15) is 18.0 Å². The molecular weight excluding hydrogens is 454 g/mol. The van der Waals surface area contributed by atoms with Crippen molar-refractivity contribution in [3.05, 3.63) is 65.4 Å². The minimum absolute atomic E-state index is 0.0231. The highest BCUT2D eigenvalue weighted by Gasteiger charge is 2.56. The molecular formula is C26H30NO8-. The number of carbonyl (C=O) groups is 1. The van der Waals surface area contributed by atoms with E-state index < -0.39 is 36.7 Å². The molecule has 5 atom stereocenters. The van der Waals surface area contributed by atoms with Crippen molar-refractivity contribution in [3.63, 3.8) is 0 Å². The first-order chi connectivity index (χ1) is 16.7. The summed E-state index contributed by atoms with van der Waals surface area (Å²) in [6.45, 7) is 3.25. The third-order valence-electron chi connectivity index (χ3n) is 6.57. The van der Waals surface area contributed by atoms with Crippen molar-refractivity contribution in [2.24, 2.45) is 5.92 Å². The van der Waals surface area contributed by atoms with Crippen molar-refractivity contribution in [2.45, 2.75) is 56.9 Å². The van der Waals surface area contributed by atoms with Gasteiger partial charge in [0.05, 0.1) is 13.2 Å². The van der Waals surface area contributed by atoms with Gasteiger partial charge < -0.3 is 40.0 Å². The number of nitrogens with zero attached hydrogens (tertiary/aromatic N) is 1. The summed E-state index contributed by atoms with van der Waals surface area (Å²) in [6, 6.07) is 13.6. The molecule has 9 nitrogen and oxygen atoms in total. The van der Waals surface area contributed by atoms with Crippen LogP contribution in [0.15, 0.2) is 48.7 Å². The van der Waals surface area contributed by atoms with Crippen LogP contribution in [0.2, 0.25) is 0 Å². The van der Waals surface area contributed by atoms with E-state index in [1.165, 1.54) is 6.20 Å². The fourth-order valence-corrected chi connectivity index (χ4v) is 4.49. The Hall–Kier alpha value is -2.79. The summed E-state index contributed by atoms with van der Waals surface area (Å²) in [5, 5.41) is 49.4. The van der Waals surface area contributed by atoms with Crippen LogP contribution in [-0.4, -0.2) is 62.2 Å². The van der Waals surface area contributed by atoms with E-state index in [1.807, 2.05) is 36.4 Å². The van der Waals surface area contributed by atoms with Gasteiger partial charge in [0.25, 0.3) is 0 Å². The lowest BCUT2D eigenvalue weighted by Gasteiger charge is -2.22.